The van der Waals surface area contributed by atoms with E-state index in [2.05, 4.69) is 81.7 Å². The number of aromatic nitrogens is 4. The fraction of sp³-hybridized carbons (Fsp3) is 0.0769. The van der Waals surface area contributed by atoms with E-state index in [1.807, 2.05) is 20.0 Å². The molecule has 2 aromatic heterocycles. The van der Waals surface area contributed by atoms with Gasteiger partial charge in [0.15, 0.2) is 0 Å². The van der Waals surface area contributed by atoms with Gasteiger partial charge in [-0.05, 0) is 47.4 Å². The van der Waals surface area contributed by atoms with Crippen molar-refractivity contribution in [2.75, 3.05) is 0 Å². The minimum Gasteiger partial charge on any atom is -0.342 e. The van der Waals surface area contributed by atoms with Crippen molar-refractivity contribution in [3.05, 3.63) is 84.6 Å². The fourth-order valence-corrected chi connectivity index (χ4v) is 4.38. The van der Waals surface area contributed by atoms with Crippen LogP contribution in [0.5, 0.6) is 0 Å². The van der Waals surface area contributed by atoms with Crippen molar-refractivity contribution >= 4 is 32.6 Å². The highest BCUT2D eigenvalue weighted by atomic mass is 14.9. The van der Waals surface area contributed by atoms with E-state index < -0.39 is 0 Å². The number of fused-ring (bicyclic) bond motifs is 6. The first-order chi connectivity index (χ1) is 14.7. The van der Waals surface area contributed by atoms with Gasteiger partial charge in [0.1, 0.15) is 11.6 Å². The van der Waals surface area contributed by atoms with E-state index in [4.69, 9.17) is 4.98 Å². The molecular formula is C26H20N4. The van der Waals surface area contributed by atoms with Crippen LogP contribution in [-0.2, 0) is 0 Å². The van der Waals surface area contributed by atoms with Crippen LogP contribution in [0, 0.1) is 13.8 Å². The summed E-state index contributed by atoms with van der Waals surface area (Å²) in [7, 11) is 0. The maximum absolute atomic E-state index is 4.75. The van der Waals surface area contributed by atoms with E-state index in [0.29, 0.717) is 0 Å². The molecule has 0 spiro atoms. The average molecular weight is 388 g/mol. The number of nitrogens with zero attached hydrogens (tertiary/aromatic N) is 2. The Kier molecular flexibility index (Phi) is 3.56. The molecule has 4 nitrogen and oxygen atoms in total. The van der Waals surface area contributed by atoms with E-state index in [9.17, 15) is 0 Å². The summed E-state index contributed by atoms with van der Waals surface area (Å²) in [5.41, 5.74) is 6.73. The summed E-state index contributed by atoms with van der Waals surface area (Å²) >= 11 is 0. The van der Waals surface area contributed by atoms with Gasteiger partial charge in [0.05, 0.1) is 22.9 Å². The number of H-pyrrole nitrogens is 2. The predicted molar refractivity (Wildman–Crippen MR) is 124 cm³/mol. The lowest BCUT2D eigenvalue weighted by Crippen LogP contribution is -1.85. The zero-order valence-electron chi connectivity index (χ0n) is 16.8. The summed E-state index contributed by atoms with van der Waals surface area (Å²) in [5.74, 6) is 1.87. The second-order valence-corrected chi connectivity index (χ2v) is 7.81. The molecule has 30 heavy (non-hydrogen) atoms. The summed E-state index contributed by atoms with van der Waals surface area (Å²) < 4.78 is 0. The van der Waals surface area contributed by atoms with Crippen molar-refractivity contribution in [2.45, 2.75) is 13.8 Å². The van der Waals surface area contributed by atoms with E-state index >= 15 is 0 Å². The molecule has 0 saturated carbocycles. The normalized spacial score (nSPS) is 11.7. The second kappa shape index (κ2) is 6.29. The maximum Gasteiger partial charge on any atom is 0.104 e. The monoisotopic (exact) mass is 388 g/mol. The fourth-order valence-electron chi connectivity index (χ4n) is 4.38. The number of rotatable bonds is 2. The Labute approximate surface area is 173 Å². The first-order valence-corrected chi connectivity index (χ1v) is 10.1. The molecule has 2 N–H and O–H groups in total. The Bertz CT molecular complexity index is 1550. The van der Waals surface area contributed by atoms with Crippen LogP contribution in [0.25, 0.3) is 55.0 Å². The second-order valence-electron chi connectivity index (χ2n) is 7.81. The van der Waals surface area contributed by atoms with Gasteiger partial charge < -0.3 is 9.97 Å². The van der Waals surface area contributed by atoms with Gasteiger partial charge in [0, 0.05) is 10.8 Å². The summed E-state index contributed by atoms with van der Waals surface area (Å²) in [6.07, 6.45) is 1.88. The third-order valence-electron chi connectivity index (χ3n) is 5.82. The minimum atomic E-state index is 0.927. The number of aromatic amines is 2. The number of aryl methyl sites for hydroxylation is 2. The number of benzene rings is 4. The standard InChI is InChI=1S/C26H20N4/c1-15-27-14-24(28-15)18-9-7-17(8-10-18)19-11-12-22-23(13-19)20-5-3-4-6-21(20)25-26(22)30-16(2)29-25/h3-14H,1-2H3,(H,27,28)(H,29,30). The van der Waals surface area contributed by atoms with Crippen molar-refractivity contribution < 1.29 is 0 Å². The van der Waals surface area contributed by atoms with E-state index in [1.165, 1.54) is 32.7 Å². The quantitative estimate of drug-likeness (QED) is 0.331. The van der Waals surface area contributed by atoms with Crippen molar-refractivity contribution in [1.29, 1.82) is 0 Å². The van der Waals surface area contributed by atoms with Gasteiger partial charge in [-0.2, -0.15) is 0 Å². The van der Waals surface area contributed by atoms with Crippen LogP contribution in [-0.4, -0.2) is 19.9 Å². The molecule has 6 rings (SSSR count). The predicted octanol–water partition coefficient (Wildman–Crippen LogP) is 6.54. The molecule has 2 heterocycles. The minimum absolute atomic E-state index is 0.927. The van der Waals surface area contributed by atoms with Crippen molar-refractivity contribution in [1.82, 2.24) is 19.9 Å². The highest BCUT2D eigenvalue weighted by Gasteiger charge is 2.12. The molecular weight excluding hydrogens is 368 g/mol. The third kappa shape index (κ3) is 2.54. The Morgan fingerprint density at radius 2 is 1.37 bits per heavy atom. The molecule has 0 radical (unpaired) electrons. The highest BCUT2D eigenvalue weighted by molar-refractivity contribution is 6.23. The lowest BCUT2D eigenvalue weighted by atomic mass is 9.95. The van der Waals surface area contributed by atoms with Crippen LogP contribution in [0.2, 0.25) is 0 Å². The molecule has 4 aromatic carbocycles. The molecule has 4 heteroatoms. The number of nitrogens with one attached hydrogen (secondary N) is 2. The van der Waals surface area contributed by atoms with Gasteiger partial charge in [-0.1, -0.05) is 60.7 Å². The first kappa shape index (κ1) is 17.0. The zero-order chi connectivity index (χ0) is 20.2. The number of hydrogen-bond donors (Lipinski definition) is 2. The lowest BCUT2D eigenvalue weighted by Gasteiger charge is -2.09. The van der Waals surface area contributed by atoms with Gasteiger partial charge in [0.25, 0.3) is 0 Å². The van der Waals surface area contributed by atoms with Crippen molar-refractivity contribution in [2.24, 2.45) is 0 Å². The van der Waals surface area contributed by atoms with Gasteiger partial charge in [-0.15, -0.1) is 0 Å². The molecule has 0 fully saturated rings. The summed E-state index contributed by atoms with van der Waals surface area (Å²) in [4.78, 5) is 15.8. The molecule has 0 aliphatic heterocycles. The van der Waals surface area contributed by atoms with Crippen molar-refractivity contribution in [3.8, 4) is 22.4 Å². The molecule has 0 aliphatic rings. The summed E-state index contributed by atoms with van der Waals surface area (Å²) in [6, 6.07) is 23.9. The van der Waals surface area contributed by atoms with Crippen molar-refractivity contribution in [3.63, 3.8) is 0 Å². The van der Waals surface area contributed by atoms with Gasteiger partial charge in [-0.3, -0.25) is 0 Å². The van der Waals surface area contributed by atoms with Crippen LogP contribution in [0.3, 0.4) is 0 Å². The average Bonchev–Trinajstić information content (AvgIpc) is 3.39. The third-order valence-corrected chi connectivity index (χ3v) is 5.82. The SMILES string of the molecule is Cc1ncc(-c2ccc(-c3ccc4c(c3)c3ccccc3c3nc(C)[nH]c43)cc2)[nH]1. The maximum atomic E-state index is 4.75. The summed E-state index contributed by atoms with van der Waals surface area (Å²) in [5, 5.41) is 4.87. The molecule has 144 valence electrons. The number of imidazole rings is 2. The van der Waals surface area contributed by atoms with E-state index in [0.717, 1.165) is 33.9 Å². The summed E-state index contributed by atoms with van der Waals surface area (Å²) in [6.45, 7) is 3.98. The smallest absolute Gasteiger partial charge is 0.104 e. The molecule has 0 bridgehead atoms. The highest BCUT2D eigenvalue weighted by Crippen LogP contribution is 2.36. The van der Waals surface area contributed by atoms with Crippen LogP contribution < -0.4 is 0 Å². The van der Waals surface area contributed by atoms with Gasteiger partial charge in [-0.25, -0.2) is 9.97 Å². The van der Waals surface area contributed by atoms with Crippen LogP contribution >= 0.6 is 0 Å². The Balaban J connectivity index is 1.55. The van der Waals surface area contributed by atoms with Crippen LogP contribution in [0.4, 0.5) is 0 Å². The van der Waals surface area contributed by atoms with Crippen LogP contribution in [0.1, 0.15) is 11.6 Å². The Morgan fingerprint density at radius 1 is 0.633 bits per heavy atom. The molecule has 0 amide bonds. The lowest BCUT2D eigenvalue weighted by molar-refractivity contribution is 1.15. The molecule has 0 saturated heterocycles. The molecule has 0 atom stereocenters. The van der Waals surface area contributed by atoms with E-state index in [-0.39, 0.29) is 0 Å². The number of hydrogen-bond acceptors (Lipinski definition) is 2. The molecule has 0 aliphatic carbocycles. The largest absolute Gasteiger partial charge is 0.342 e. The van der Waals surface area contributed by atoms with Gasteiger partial charge >= 0.3 is 0 Å². The Hall–Kier alpha value is -3.92. The van der Waals surface area contributed by atoms with Gasteiger partial charge in [0.2, 0.25) is 0 Å². The Morgan fingerprint density at radius 3 is 2.13 bits per heavy atom. The zero-order valence-corrected chi connectivity index (χ0v) is 16.8. The van der Waals surface area contributed by atoms with Crippen LogP contribution in [0.15, 0.2) is 72.9 Å². The first-order valence-electron chi connectivity index (χ1n) is 10.1. The molecule has 0 unspecified atom stereocenters. The molecule has 6 aromatic rings. The van der Waals surface area contributed by atoms with E-state index in [1.54, 1.807) is 0 Å². The topological polar surface area (TPSA) is 57.4 Å².